The number of fused-ring (bicyclic) bond motifs is 1. The molecule has 0 aliphatic heterocycles. The molecule has 0 unspecified atom stereocenters. The molecular weight excluding hydrogens is 413 g/mol. The number of carboxylic acid groups (broad SMARTS) is 1. The fraction of sp³-hybridized carbons (Fsp3) is 0.360. The van der Waals surface area contributed by atoms with Crippen LogP contribution in [0.3, 0.4) is 0 Å². The number of hydrogen-bond acceptors (Lipinski definition) is 4. The van der Waals surface area contributed by atoms with Gasteiger partial charge in [0.25, 0.3) is 0 Å². The number of methoxy groups -OCH3 is 1. The van der Waals surface area contributed by atoms with Crippen molar-refractivity contribution in [2.75, 3.05) is 13.7 Å². The average Bonchev–Trinajstić information content (AvgIpc) is 2.71. The molecule has 32 heavy (non-hydrogen) atoms. The fourth-order valence-electron chi connectivity index (χ4n) is 4.01. The van der Waals surface area contributed by atoms with Crippen molar-refractivity contribution in [1.82, 2.24) is 4.57 Å². The van der Waals surface area contributed by atoms with Crippen LogP contribution in [-0.2, 0) is 6.42 Å². The number of carboxylic acids is 1. The zero-order chi connectivity index (χ0) is 23.8. The molecule has 6 nitrogen and oxygen atoms in total. The highest BCUT2D eigenvalue weighted by Gasteiger charge is 2.29. The number of aliphatic hydroxyl groups excluding tert-OH is 1. The van der Waals surface area contributed by atoms with Gasteiger partial charge in [0.15, 0.2) is 0 Å². The summed E-state index contributed by atoms with van der Waals surface area (Å²) < 4.78 is 21.8. The smallest absolute Gasteiger partial charge is 0.341 e. The molecule has 0 amide bonds. The van der Waals surface area contributed by atoms with E-state index in [0.29, 0.717) is 28.0 Å². The van der Waals surface area contributed by atoms with Gasteiger partial charge >= 0.3 is 5.97 Å². The van der Waals surface area contributed by atoms with Gasteiger partial charge in [-0.25, -0.2) is 9.18 Å². The van der Waals surface area contributed by atoms with Crippen LogP contribution in [0.25, 0.3) is 10.9 Å². The summed E-state index contributed by atoms with van der Waals surface area (Å²) in [7, 11) is 1.46. The van der Waals surface area contributed by atoms with Crippen LogP contribution in [0.1, 0.15) is 53.9 Å². The number of hydrogen-bond donors (Lipinski definition) is 2. The Morgan fingerprint density at radius 1 is 1.25 bits per heavy atom. The summed E-state index contributed by atoms with van der Waals surface area (Å²) in [6.45, 7) is 7.16. The Morgan fingerprint density at radius 3 is 2.50 bits per heavy atom. The highest BCUT2D eigenvalue weighted by atomic mass is 19.1. The van der Waals surface area contributed by atoms with E-state index in [2.05, 4.69) is 0 Å². The minimum absolute atomic E-state index is 0.148. The normalized spacial score (nSPS) is 12.7. The maximum Gasteiger partial charge on any atom is 0.341 e. The number of nitrogens with zero attached hydrogens (tertiary/aromatic N) is 1. The maximum atomic E-state index is 14.6. The summed E-state index contributed by atoms with van der Waals surface area (Å²) in [6, 6.07) is 7.90. The van der Waals surface area contributed by atoms with Gasteiger partial charge in [-0.3, -0.25) is 4.79 Å². The van der Waals surface area contributed by atoms with E-state index in [4.69, 9.17) is 4.74 Å². The Labute approximate surface area is 185 Å². The summed E-state index contributed by atoms with van der Waals surface area (Å²) in [4.78, 5) is 24.9. The van der Waals surface area contributed by atoms with E-state index in [-0.39, 0.29) is 24.2 Å². The van der Waals surface area contributed by atoms with Gasteiger partial charge in [0.1, 0.15) is 17.1 Å². The molecule has 3 rings (SSSR count). The molecule has 0 fully saturated rings. The third-order valence-electron chi connectivity index (χ3n) is 5.78. The number of ether oxygens (including phenoxy) is 1. The predicted octanol–water partition coefficient (Wildman–Crippen LogP) is 4.33. The summed E-state index contributed by atoms with van der Waals surface area (Å²) >= 11 is 0. The molecule has 1 atom stereocenters. The molecule has 1 heterocycles. The molecule has 0 aliphatic carbocycles. The lowest BCUT2D eigenvalue weighted by Gasteiger charge is -2.33. The number of aliphatic hydroxyl groups is 1. The van der Waals surface area contributed by atoms with Crippen molar-refractivity contribution < 1.29 is 24.1 Å². The van der Waals surface area contributed by atoms with Crippen LogP contribution >= 0.6 is 0 Å². The number of carbonyl (C=O) groups is 1. The molecule has 170 valence electrons. The topological polar surface area (TPSA) is 88.8 Å². The number of aromatic carboxylic acids is 1. The van der Waals surface area contributed by atoms with Gasteiger partial charge in [-0.15, -0.1) is 0 Å². The third-order valence-corrected chi connectivity index (χ3v) is 5.78. The van der Waals surface area contributed by atoms with E-state index in [1.165, 1.54) is 13.3 Å². The molecule has 2 aromatic carbocycles. The second-order valence-electron chi connectivity index (χ2n) is 9.07. The van der Waals surface area contributed by atoms with E-state index >= 15 is 0 Å². The zero-order valence-corrected chi connectivity index (χ0v) is 18.9. The van der Waals surface area contributed by atoms with Crippen LogP contribution in [0.2, 0.25) is 0 Å². The van der Waals surface area contributed by atoms with Crippen LogP contribution in [0, 0.1) is 18.2 Å². The van der Waals surface area contributed by atoms with Crippen LogP contribution in [0.4, 0.5) is 4.39 Å². The van der Waals surface area contributed by atoms with Gasteiger partial charge in [-0.1, -0.05) is 39.0 Å². The number of aromatic nitrogens is 1. The first kappa shape index (κ1) is 23.5. The van der Waals surface area contributed by atoms with Gasteiger partial charge < -0.3 is 19.5 Å². The van der Waals surface area contributed by atoms with E-state index in [1.807, 2.05) is 20.8 Å². The Hall–Kier alpha value is -3.19. The summed E-state index contributed by atoms with van der Waals surface area (Å²) in [5.41, 5.74) is 0.485. The molecule has 1 aromatic heterocycles. The maximum absolute atomic E-state index is 14.6. The van der Waals surface area contributed by atoms with E-state index in [1.54, 1.807) is 41.8 Å². The Kier molecular flexibility index (Phi) is 6.41. The SMILES string of the molecule is COc1cc(Cc2cccc(C)c2F)cc2c(=O)c(C(=O)O)cn([C@H](CO)C(C)(C)C)c12. The van der Waals surface area contributed by atoms with Crippen LogP contribution in [0.15, 0.2) is 41.3 Å². The lowest BCUT2D eigenvalue weighted by molar-refractivity contribution is 0.0692. The largest absolute Gasteiger partial charge is 0.495 e. The fourth-order valence-corrected chi connectivity index (χ4v) is 4.01. The monoisotopic (exact) mass is 441 g/mol. The summed E-state index contributed by atoms with van der Waals surface area (Å²) in [5, 5.41) is 19.9. The average molecular weight is 441 g/mol. The Balaban J connectivity index is 2.36. The Morgan fingerprint density at radius 2 is 1.94 bits per heavy atom. The lowest BCUT2D eigenvalue weighted by Crippen LogP contribution is -2.30. The molecule has 7 heteroatoms. The van der Waals surface area contributed by atoms with Crippen LogP contribution in [0.5, 0.6) is 5.75 Å². The minimum atomic E-state index is -1.36. The van der Waals surface area contributed by atoms with Crippen molar-refractivity contribution in [1.29, 1.82) is 0 Å². The highest BCUT2D eigenvalue weighted by molar-refractivity contribution is 5.94. The second kappa shape index (κ2) is 8.74. The zero-order valence-electron chi connectivity index (χ0n) is 18.9. The van der Waals surface area contributed by atoms with Crippen LogP contribution in [-0.4, -0.2) is 34.5 Å². The highest BCUT2D eigenvalue weighted by Crippen LogP contribution is 2.36. The van der Waals surface area contributed by atoms with Gasteiger partial charge in [0.2, 0.25) is 5.43 Å². The third kappa shape index (κ3) is 4.25. The number of halogens is 1. The molecule has 2 N–H and O–H groups in total. The van der Waals surface area contributed by atoms with Crippen molar-refractivity contribution >= 4 is 16.9 Å². The molecule has 0 saturated carbocycles. The van der Waals surface area contributed by atoms with Crippen molar-refractivity contribution in [3.63, 3.8) is 0 Å². The molecule has 0 saturated heterocycles. The predicted molar refractivity (Wildman–Crippen MR) is 121 cm³/mol. The molecule has 0 bridgehead atoms. The summed E-state index contributed by atoms with van der Waals surface area (Å²) in [5.74, 6) is -1.33. The van der Waals surface area contributed by atoms with Gasteiger partial charge in [-0.2, -0.15) is 0 Å². The van der Waals surface area contributed by atoms with Crippen LogP contribution < -0.4 is 10.2 Å². The molecule has 0 radical (unpaired) electrons. The standard InChI is InChI=1S/C25H28FNO5/c1-14-7-6-8-16(21(14)26)9-15-10-17-22(19(11-15)32-5)27(20(13-28)25(2,3)4)12-18(23(17)29)24(30)31/h6-8,10-12,20,28H,9,13H2,1-5H3,(H,30,31)/t20-/m1/s1. The number of rotatable bonds is 6. The first-order valence-electron chi connectivity index (χ1n) is 10.3. The van der Waals surface area contributed by atoms with Gasteiger partial charge in [0, 0.05) is 12.6 Å². The van der Waals surface area contributed by atoms with Crippen molar-refractivity contribution in [2.24, 2.45) is 5.41 Å². The first-order valence-corrected chi connectivity index (χ1v) is 10.3. The van der Waals surface area contributed by atoms with E-state index in [9.17, 15) is 24.2 Å². The summed E-state index contributed by atoms with van der Waals surface area (Å²) in [6.07, 6.45) is 1.47. The molecule has 3 aromatic rings. The Bertz CT molecular complexity index is 1240. The minimum Gasteiger partial charge on any atom is -0.495 e. The lowest BCUT2D eigenvalue weighted by atomic mass is 9.86. The van der Waals surface area contributed by atoms with Crippen molar-refractivity contribution in [2.45, 2.75) is 40.2 Å². The van der Waals surface area contributed by atoms with E-state index in [0.717, 1.165) is 0 Å². The second-order valence-corrected chi connectivity index (χ2v) is 9.07. The molecule has 0 spiro atoms. The first-order chi connectivity index (χ1) is 15.0. The molecule has 0 aliphatic rings. The van der Waals surface area contributed by atoms with Gasteiger partial charge in [-0.05, 0) is 41.2 Å². The molecular formula is C25H28FNO5. The number of benzene rings is 2. The number of pyridine rings is 1. The number of aryl methyl sites for hydroxylation is 1. The van der Waals surface area contributed by atoms with Crippen molar-refractivity contribution in [3.8, 4) is 5.75 Å². The quantitative estimate of drug-likeness (QED) is 0.595. The van der Waals surface area contributed by atoms with E-state index < -0.39 is 28.4 Å². The van der Waals surface area contributed by atoms with Crippen molar-refractivity contribution in [3.05, 3.63) is 74.8 Å². The van der Waals surface area contributed by atoms with Gasteiger partial charge in [0.05, 0.1) is 30.7 Å².